The average Bonchev–Trinajstić information content (AvgIpc) is 3.12. The molecule has 0 aliphatic heterocycles. The van der Waals surface area contributed by atoms with Crippen LogP contribution in [0.15, 0.2) is 42.7 Å². The van der Waals surface area contributed by atoms with Crippen molar-refractivity contribution in [1.29, 1.82) is 0 Å². The highest BCUT2D eigenvalue weighted by molar-refractivity contribution is 6.12. The molecular formula is C19H16N6O3. The van der Waals surface area contributed by atoms with Crippen LogP contribution in [-0.4, -0.2) is 56.1 Å². The number of rotatable bonds is 4. The quantitative estimate of drug-likeness (QED) is 0.500. The van der Waals surface area contributed by atoms with Gasteiger partial charge in [0.2, 0.25) is 0 Å². The Labute approximate surface area is 159 Å². The van der Waals surface area contributed by atoms with Crippen molar-refractivity contribution >= 4 is 45.2 Å². The van der Waals surface area contributed by atoms with Crippen molar-refractivity contribution in [2.75, 3.05) is 19.4 Å². The summed E-state index contributed by atoms with van der Waals surface area (Å²) in [7, 11) is 3.37. The van der Waals surface area contributed by atoms with Gasteiger partial charge in [-0.05, 0) is 24.3 Å². The van der Waals surface area contributed by atoms with Crippen LogP contribution in [0, 0.1) is 0 Å². The summed E-state index contributed by atoms with van der Waals surface area (Å²) < 4.78 is 0. The molecule has 0 radical (unpaired) electrons. The summed E-state index contributed by atoms with van der Waals surface area (Å²) in [6, 6.07) is 8.79. The lowest BCUT2D eigenvalue weighted by Gasteiger charge is -2.13. The maximum Gasteiger partial charge on any atom is 0.356 e. The zero-order valence-corrected chi connectivity index (χ0v) is 15.1. The van der Waals surface area contributed by atoms with Crippen molar-refractivity contribution in [3.63, 3.8) is 0 Å². The maximum absolute atomic E-state index is 12.2. The van der Waals surface area contributed by atoms with Gasteiger partial charge in [0, 0.05) is 48.5 Å². The molecule has 9 nitrogen and oxygen atoms in total. The highest BCUT2D eigenvalue weighted by atomic mass is 16.4. The summed E-state index contributed by atoms with van der Waals surface area (Å²) in [5, 5.41) is 20.6. The first-order valence-corrected chi connectivity index (χ1v) is 8.39. The van der Waals surface area contributed by atoms with Crippen molar-refractivity contribution in [3.8, 4) is 0 Å². The number of benzene rings is 1. The number of anilines is 2. The van der Waals surface area contributed by atoms with Gasteiger partial charge in [-0.25, -0.2) is 9.78 Å². The smallest absolute Gasteiger partial charge is 0.356 e. The van der Waals surface area contributed by atoms with Gasteiger partial charge in [-0.1, -0.05) is 6.07 Å². The Bertz CT molecular complexity index is 1230. The molecule has 0 aliphatic rings. The number of carbonyl (C=O) groups excluding carboxylic acids is 1. The Morgan fingerprint density at radius 3 is 2.71 bits per heavy atom. The first-order valence-electron chi connectivity index (χ1n) is 8.39. The number of hydrogen-bond acceptors (Lipinski definition) is 6. The Balaban J connectivity index is 1.86. The number of aromatic amines is 1. The highest BCUT2D eigenvalue weighted by Crippen LogP contribution is 2.30. The topological polar surface area (TPSA) is 124 Å². The number of aromatic carboxylic acids is 1. The monoisotopic (exact) mass is 376 g/mol. The molecule has 0 saturated carbocycles. The predicted molar refractivity (Wildman–Crippen MR) is 104 cm³/mol. The first-order chi connectivity index (χ1) is 13.5. The van der Waals surface area contributed by atoms with Crippen LogP contribution in [0.4, 0.5) is 11.5 Å². The molecule has 0 atom stereocenters. The van der Waals surface area contributed by atoms with Crippen molar-refractivity contribution < 1.29 is 14.7 Å². The summed E-state index contributed by atoms with van der Waals surface area (Å²) in [5.41, 5.74) is 1.74. The molecule has 0 bridgehead atoms. The molecule has 28 heavy (non-hydrogen) atoms. The number of aromatic nitrogens is 4. The maximum atomic E-state index is 12.2. The molecule has 0 fully saturated rings. The van der Waals surface area contributed by atoms with E-state index in [1.807, 2.05) is 0 Å². The lowest BCUT2D eigenvalue weighted by atomic mass is 10.1. The standard InChI is InChI=1S/C19H16N6O3/c1-25(2)18(26)10-4-3-5-11(8-10)21-17-12-6-7-20-9-13(12)14-15(22-17)16(19(27)28)24-23-14/h3-9H,1-2H3,(H,21,22)(H,23,24)(H,27,28). The molecule has 3 aromatic heterocycles. The van der Waals surface area contributed by atoms with Crippen LogP contribution in [0.25, 0.3) is 21.8 Å². The van der Waals surface area contributed by atoms with Gasteiger partial charge in [0.05, 0.1) is 0 Å². The van der Waals surface area contributed by atoms with E-state index in [-0.39, 0.29) is 17.1 Å². The second-order valence-corrected chi connectivity index (χ2v) is 6.39. The van der Waals surface area contributed by atoms with E-state index >= 15 is 0 Å². The van der Waals surface area contributed by atoms with Gasteiger partial charge in [-0.15, -0.1) is 0 Å². The van der Waals surface area contributed by atoms with E-state index in [0.29, 0.717) is 28.0 Å². The van der Waals surface area contributed by atoms with Gasteiger partial charge in [0.1, 0.15) is 16.9 Å². The minimum Gasteiger partial charge on any atom is -0.476 e. The minimum atomic E-state index is -1.15. The third-order valence-corrected chi connectivity index (χ3v) is 4.29. The molecule has 140 valence electrons. The molecule has 0 saturated heterocycles. The molecule has 0 unspecified atom stereocenters. The SMILES string of the molecule is CN(C)C(=O)c1cccc(Nc2nc3c(C(=O)O)[nH]nc3c3cnccc23)c1. The predicted octanol–water partition coefficient (Wildman–Crippen LogP) is 2.65. The molecule has 0 aliphatic carbocycles. The van der Waals surface area contributed by atoms with E-state index in [0.717, 1.165) is 5.39 Å². The summed E-state index contributed by atoms with van der Waals surface area (Å²) in [6.45, 7) is 0. The van der Waals surface area contributed by atoms with E-state index in [1.165, 1.54) is 4.90 Å². The van der Waals surface area contributed by atoms with Crippen molar-refractivity contribution in [2.24, 2.45) is 0 Å². The second-order valence-electron chi connectivity index (χ2n) is 6.39. The Morgan fingerprint density at radius 2 is 1.96 bits per heavy atom. The van der Waals surface area contributed by atoms with Gasteiger partial charge in [0.25, 0.3) is 5.91 Å². The zero-order chi connectivity index (χ0) is 19.8. The van der Waals surface area contributed by atoms with Crippen LogP contribution in [0.3, 0.4) is 0 Å². The van der Waals surface area contributed by atoms with E-state index in [4.69, 9.17) is 0 Å². The number of pyridine rings is 2. The highest BCUT2D eigenvalue weighted by Gasteiger charge is 2.19. The fraction of sp³-hybridized carbons (Fsp3) is 0.105. The number of carboxylic acids is 1. The van der Waals surface area contributed by atoms with Crippen LogP contribution in [0.1, 0.15) is 20.8 Å². The van der Waals surface area contributed by atoms with Crippen LogP contribution in [0.5, 0.6) is 0 Å². The number of nitrogens with zero attached hydrogens (tertiary/aromatic N) is 4. The molecule has 0 spiro atoms. The Hall–Kier alpha value is -4.01. The molecule has 3 heterocycles. The number of amides is 1. The van der Waals surface area contributed by atoms with E-state index < -0.39 is 5.97 Å². The van der Waals surface area contributed by atoms with Crippen LogP contribution < -0.4 is 5.32 Å². The van der Waals surface area contributed by atoms with Crippen LogP contribution in [-0.2, 0) is 0 Å². The third-order valence-electron chi connectivity index (χ3n) is 4.29. The van der Waals surface area contributed by atoms with Crippen molar-refractivity contribution in [2.45, 2.75) is 0 Å². The third kappa shape index (κ3) is 2.88. The van der Waals surface area contributed by atoms with Crippen molar-refractivity contribution in [3.05, 3.63) is 54.0 Å². The summed E-state index contributed by atoms with van der Waals surface area (Å²) in [5.74, 6) is -0.824. The fourth-order valence-corrected chi connectivity index (χ4v) is 2.96. The minimum absolute atomic E-state index is 0.0969. The zero-order valence-electron chi connectivity index (χ0n) is 15.1. The summed E-state index contributed by atoms with van der Waals surface area (Å²) in [6.07, 6.45) is 3.24. The number of carboxylic acid groups (broad SMARTS) is 1. The second kappa shape index (κ2) is 6.62. The number of hydrogen-bond donors (Lipinski definition) is 3. The largest absolute Gasteiger partial charge is 0.476 e. The van der Waals surface area contributed by atoms with Gasteiger partial charge in [-0.3, -0.25) is 14.9 Å². The first kappa shape index (κ1) is 17.4. The molecule has 4 aromatic rings. The lowest BCUT2D eigenvalue weighted by Crippen LogP contribution is -2.21. The molecule has 1 amide bonds. The number of nitrogens with one attached hydrogen (secondary N) is 2. The van der Waals surface area contributed by atoms with E-state index in [2.05, 4.69) is 25.5 Å². The molecule has 9 heteroatoms. The Kier molecular flexibility index (Phi) is 4.11. The fourth-order valence-electron chi connectivity index (χ4n) is 2.96. The normalized spacial score (nSPS) is 10.9. The van der Waals surface area contributed by atoms with E-state index in [9.17, 15) is 14.7 Å². The van der Waals surface area contributed by atoms with Gasteiger partial charge >= 0.3 is 5.97 Å². The molecule has 4 rings (SSSR count). The molecule has 3 N–H and O–H groups in total. The Morgan fingerprint density at radius 1 is 1.14 bits per heavy atom. The number of fused-ring (bicyclic) bond motifs is 3. The van der Waals surface area contributed by atoms with Gasteiger partial charge in [0.15, 0.2) is 5.69 Å². The summed E-state index contributed by atoms with van der Waals surface area (Å²) >= 11 is 0. The average molecular weight is 376 g/mol. The van der Waals surface area contributed by atoms with Crippen LogP contribution >= 0.6 is 0 Å². The van der Waals surface area contributed by atoms with Crippen molar-refractivity contribution in [1.82, 2.24) is 25.1 Å². The summed E-state index contributed by atoms with van der Waals surface area (Å²) in [4.78, 5) is 33.8. The lowest BCUT2D eigenvalue weighted by molar-refractivity contribution is 0.0691. The molecular weight excluding hydrogens is 360 g/mol. The van der Waals surface area contributed by atoms with Gasteiger partial charge < -0.3 is 15.3 Å². The van der Waals surface area contributed by atoms with Crippen LogP contribution in [0.2, 0.25) is 0 Å². The number of H-pyrrole nitrogens is 1. The number of carbonyl (C=O) groups is 2. The van der Waals surface area contributed by atoms with Gasteiger partial charge in [-0.2, -0.15) is 5.10 Å². The van der Waals surface area contributed by atoms with E-state index in [1.54, 1.807) is 56.8 Å². The molecule has 1 aromatic carbocycles.